The first-order valence-corrected chi connectivity index (χ1v) is 6.86. The van der Waals surface area contributed by atoms with Crippen LogP contribution in [-0.2, 0) is 6.54 Å². The van der Waals surface area contributed by atoms with Crippen LogP contribution in [0.15, 0.2) is 30.3 Å². The molecule has 0 fully saturated rings. The smallest absolute Gasteiger partial charge is 0.227 e. The molecule has 0 aliphatic heterocycles. The second-order valence-electron chi connectivity index (χ2n) is 5.27. The zero-order valence-corrected chi connectivity index (χ0v) is 12.5. The Balaban J connectivity index is 2.36. The third-order valence-corrected chi connectivity index (χ3v) is 3.14. The highest BCUT2D eigenvalue weighted by Gasteiger charge is 2.15. The minimum absolute atomic E-state index is 0.208. The summed E-state index contributed by atoms with van der Waals surface area (Å²) in [5.74, 6) is 0.573. The molecule has 5 nitrogen and oxygen atoms in total. The van der Waals surface area contributed by atoms with Gasteiger partial charge in [0.2, 0.25) is 5.95 Å². The van der Waals surface area contributed by atoms with Gasteiger partial charge < -0.3 is 10.6 Å². The Morgan fingerprint density at radius 2 is 2.05 bits per heavy atom. The topological polar surface area (TPSA) is 78.8 Å². The van der Waals surface area contributed by atoms with Crippen molar-refractivity contribution < 1.29 is 0 Å². The standard InChI is InChI=1S/C16H19N5/c1-11(2)21(10-13-5-4-6-14(18)8-13)16-19-12(3)7-15(9-17)20-16/h4-8,11H,10,18H2,1-3H3. The molecule has 0 radical (unpaired) electrons. The van der Waals surface area contributed by atoms with Crippen molar-refractivity contribution >= 4 is 11.6 Å². The third-order valence-electron chi connectivity index (χ3n) is 3.14. The second-order valence-corrected chi connectivity index (χ2v) is 5.27. The van der Waals surface area contributed by atoms with Gasteiger partial charge in [-0.3, -0.25) is 0 Å². The molecule has 1 heterocycles. The molecular weight excluding hydrogens is 262 g/mol. The number of nitrogen functional groups attached to an aromatic ring is 1. The Bertz CT molecular complexity index is 673. The van der Waals surface area contributed by atoms with Gasteiger partial charge in [0.25, 0.3) is 0 Å². The molecule has 108 valence electrons. The minimum Gasteiger partial charge on any atom is -0.399 e. The van der Waals surface area contributed by atoms with Crippen LogP contribution in [0.5, 0.6) is 0 Å². The number of aromatic nitrogens is 2. The van der Waals surface area contributed by atoms with Gasteiger partial charge in [0.1, 0.15) is 11.8 Å². The Morgan fingerprint density at radius 1 is 1.29 bits per heavy atom. The number of rotatable bonds is 4. The number of benzene rings is 1. The molecule has 21 heavy (non-hydrogen) atoms. The van der Waals surface area contributed by atoms with E-state index in [9.17, 15) is 0 Å². The molecule has 2 rings (SSSR count). The highest BCUT2D eigenvalue weighted by atomic mass is 15.3. The van der Waals surface area contributed by atoms with Gasteiger partial charge in [-0.2, -0.15) is 5.26 Å². The first-order chi connectivity index (χ1) is 9.99. The largest absolute Gasteiger partial charge is 0.399 e. The summed E-state index contributed by atoms with van der Waals surface area (Å²) in [5.41, 5.74) is 8.82. The van der Waals surface area contributed by atoms with E-state index in [1.165, 1.54) is 0 Å². The van der Waals surface area contributed by atoms with Gasteiger partial charge in [-0.15, -0.1) is 0 Å². The fourth-order valence-electron chi connectivity index (χ4n) is 2.11. The monoisotopic (exact) mass is 281 g/mol. The molecule has 0 unspecified atom stereocenters. The minimum atomic E-state index is 0.208. The van der Waals surface area contributed by atoms with Crippen LogP contribution >= 0.6 is 0 Å². The lowest BCUT2D eigenvalue weighted by Gasteiger charge is -2.27. The van der Waals surface area contributed by atoms with E-state index in [0.29, 0.717) is 18.2 Å². The van der Waals surface area contributed by atoms with Gasteiger partial charge in [-0.25, -0.2) is 9.97 Å². The SMILES string of the molecule is Cc1cc(C#N)nc(N(Cc2cccc(N)c2)C(C)C)n1. The van der Waals surface area contributed by atoms with Crippen molar-refractivity contribution in [2.24, 2.45) is 0 Å². The number of hydrogen-bond donors (Lipinski definition) is 1. The fraction of sp³-hybridized carbons (Fsp3) is 0.312. The van der Waals surface area contributed by atoms with Crippen LogP contribution in [0.25, 0.3) is 0 Å². The highest BCUT2D eigenvalue weighted by molar-refractivity contribution is 5.43. The maximum absolute atomic E-state index is 9.06. The predicted octanol–water partition coefficient (Wildman–Crippen LogP) is 2.65. The molecule has 0 aliphatic rings. The number of aryl methyl sites for hydroxylation is 1. The maximum atomic E-state index is 9.06. The Hall–Kier alpha value is -2.61. The average molecular weight is 281 g/mol. The van der Waals surface area contributed by atoms with Crippen LogP contribution in [0.1, 0.15) is 30.8 Å². The van der Waals surface area contributed by atoms with Crippen LogP contribution < -0.4 is 10.6 Å². The Kier molecular flexibility index (Phi) is 4.39. The van der Waals surface area contributed by atoms with E-state index in [0.717, 1.165) is 16.9 Å². The number of anilines is 2. The van der Waals surface area contributed by atoms with E-state index >= 15 is 0 Å². The quantitative estimate of drug-likeness (QED) is 0.872. The summed E-state index contributed by atoms with van der Waals surface area (Å²) >= 11 is 0. The van der Waals surface area contributed by atoms with E-state index in [4.69, 9.17) is 11.0 Å². The van der Waals surface area contributed by atoms with Crippen molar-refractivity contribution in [3.05, 3.63) is 47.3 Å². The molecule has 1 aromatic carbocycles. The van der Waals surface area contributed by atoms with E-state index < -0.39 is 0 Å². The summed E-state index contributed by atoms with van der Waals surface area (Å²) in [6.45, 7) is 6.66. The summed E-state index contributed by atoms with van der Waals surface area (Å²) in [4.78, 5) is 10.8. The molecule has 2 aromatic rings. The van der Waals surface area contributed by atoms with Crippen molar-refractivity contribution in [1.82, 2.24) is 9.97 Å². The number of nitrogens with zero attached hydrogens (tertiary/aromatic N) is 4. The zero-order valence-electron chi connectivity index (χ0n) is 12.5. The first kappa shape index (κ1) is 14.8. The molecule has 2 N–H and O–H groups in total. The molecule has 0 amide bonds. The van der Waals surface area contributed by atoms with Gasteiger partial charge in [0.05, 0.1) is 0 Å². The molecule has 0 spiro atoms. The lowest BCUT2D eigenvalue weighted by atomic mass is 10.1. The molecule has 0 atom stereocenters. The molecular formula is C16H19N5. The van der Waals surface area contributed by atoms with E-state index in [2.05, 4.69) is 34.8 Å². The first-order valence-electron chi connectivity index (χ1n) is 6.86. The summed E-state index contributed by atoms with van der Waals surface area (Å²) in [6.07, 6.45) is 0. The maximum Gasteiger partial charge on any atom is 0.227 e. The van der Waals surface area contributed by atoms with Crippen LogP contribution in [0.2, 0.25) is 0 Å². The fourth-order valence-corrected chi connectivity index (χ4v) is 2.11. The van der Waals surface area contributed by atoms with Gasteiger partial charge in [0, 0.05) is 24.0 Å². The van der Waals surface area contributed by atoms with Crippen molar-refractivity contribution in [2.75, 3.05) is 10.6 Å². The summed E-state index contributed by atoms with van der Waals surface area (Å²) in [7, 11) is 0. The molecule has 0 saturated heterocycles. The third kappa shape index (κ3) is 3.69. The van der Waals surface area contributed by atoms with Gasteiger partial charge in [-0.05, 0) is 44.5 Å². The molecule has 5 heteroatoms. The van der Waals surface area contributed by atoms with Crippen LogP contribution in [-0.4, -0.2) is 16.0 Å². The van der Waals surface area contributed by atoms with E-state index in [-0.39, 0.29) is 6.04 Å². The number of hydrogen-bond acceptors (Lipinski definition) is 5. The van der Waals surface area contributed by atoms with Crippen molar-refractivity contribution in [2.45, 2.75) is 33.4 Å². The van der Waals surface area contributed by atoms with Crippen LogP contribution in [0.4, 0.5) is 11.6 Å². The average Bonchev–Trinajstić information content (AvgIpc) is 2.43. The molecule has 0 bridgehead atoms. The van der Waals surface area contributed by atoms with Gasteiger partial charge in [0.15, 0.2) is 0 Å². The van der Waals surface area contributed by atoms with Gasteiger partial charge >= 0.3 is 0 Å². The zero-order chi connectivity index (χ0) is 15.4. The number of nitrogens with two attached hydrogens (primary N) is 1. The molecule has 0 aliphatic carbocycles. The van der Waals surface area contributed by atoms with Crippen LogP contribution in [0.3, 0.4) is 0 Å². The summed E-state index contributed by atoms with van der Waals surface area (Å²) in [5, 5.41) is 9.06. The lowest BCUT2D eigenvalue weighted by Crippen LogP contribution is -2.32. The van der Waals surface area contributed by atoms with E-state index in [1.807, 2.05) is 31.2 Å². The predicted molar refractivity (Wildman–Crippen MR) is 83.7 cm³/mol. The number of nitriles is 1. The van der Waals surface area contributed by atoms with Crippen molar-refractivity contribution in [3.8, 4) is 6.07 Å². The Morgan fingerprint density at radius 3 is 2.67 bits per heavy atom. The molecule has 1 aromatic heterocycles. The normalized spacial score (nSPS) is 10.4. The van der Waals surface area contributed by atoms with Crippen molar-refractivity contribution in [1.29, 1.82) is 5.26 Å². The summed E-state index contributed by atoms with van der Waals surface area (Å²) in [6, 6.07) is 11.7. The van der Waals surface area contributed by atoms with Crippen LogP contribution in [0, 0.1) is 18.3 Å². The van der Waals surface area contributed by atoms with Gasteiger partial charge in [-0.1, -0.05) is 12.1 Å². The lowest BCUT2D eigenvalue weighted by molar-refractivity contribution is 0.658. The Labute approximate surface area is 125 Å². The highest BCUT2D eigenvalue weighted by Crippen LogP contribution is 2.18. The van der Waals surface area contributed by atoms with Crippen molar-refractivity contribution in [3.63, 3.8) is 0 Å². The molecule has 0 saturated carbocycles. The second kappa shape index (κ2) is 6.23. The summed E-state index contributed by atoms with van der Waals surface area (Å²) < 4.78 is 0. The van der Waals surface area contributed by atoms with E-state index in [1.54, 1.807) is 6.07 Å².